The number of benzene rings is 2. The zero-order valence-electron chi connectivity index (χ0n) is 15.3. The maximum atomic E-state index is 13.1. The van der Waals surface area contributed by atoms with Crippen LogP contribution in [0.25, 0.3) is 0 Å². The van der Waals surface area contributed by atoms with Gasteiger partial charge in [0.2, 0.25) is 0 Å². The van der Waals surface area contributed by atoms with Crippen LogP contribution in [0.4, 0.5) is 0 Å². The van der Waals surface area contributed by atoms with Crippen molar-refractivity contribution in [1.82, 2.24) is 0 Å². The molecule has 0 heterocycles. The molecule has 0 bridgehead atoms. The van der Waals surface area contributed by atoms with Gasteiger partial charge < -0.3 is 5.11 Å². The van der Waals surface area contributed by atoms with Crippen molar-refractivity contribution in [2.24, 2.45) is 0 Å². The van der Waals surface area contributed by atoms with Crippen LogP contribution in [0.5, 0.6) is 0 Å². The fourth-order valence-corrected chi connectivity index (χ4v) is 6.72. The van der Waals surface area contributed by atoms with E-state index in [0.717, 1.165) is 33.8 Å². The van der Waals surface area contributed by atoms with E-state index < -0.39 is 27.2 Å². The van der Waals surface area contributed by atoms with Gasteiger partial charge in [-0.1, -0.05) is 48.2 Å². The first-order valence-electron chi connectivity index (χ1n) is 9.04. The molecule has 1 N–H and O–H groups in total. The van der Waals surface area contributed by atoms with Gasteiger partial charge in [-0.25, -0.2) is 0 Å². The van der Waals surface area contributed by atoms with E-state index in [1.165, 1.54) is 0 Å². The standard InChI is InChI=1S/C21H26O3S2/c1-16-6-10-18(11-7-16)25(23)15-21(22)14-4-3-5-20(21)26(24)19-12-8-17(2)9-13-19/h6-13,20,22H,3-5,14-15H2,1-2H3/t20-,21-,25?,26?/m0/s1. The van der Waals surface area contributed by atoms with Crippen molar-refractivity contribution < 1.29 is 13.5 Å². The van der Waals surface area contributed by atoms with E-state index >= 15 is 0 Å². The molecule has 1 aliphatic carbocycles. The molecule has 3 rings (SSSR count). The second-order valence-electron chi connectivity index (χ2n) is 7.25. The molecule has 1 fully saturated rings. The van der Waals surface area contributed by atoms with Crippen LogP contribution in [-0.2, 0) is 21.6 Å². The normalized spacial score (nSPS) is 25.6. The van der Waals surface area contributed by atoms with Crippen LogP contribution in [0.15, 0.2) is 58.3 Å². The Balaban J connectivity index is 1.82. The van der Waals surface area contributed by atoms with Crippen molar-refractivity contribution in [2.75, 3.05) is 5.75 Å². The molecule has 0 spiro atoms. The molecule has 5 heteroatoms. The third-order valence-corrected chi connectivity index (χ3v) is 8.59. The molecule has 0 saturated heterocycles. The summed E-state index contributed by atoms with van der Waals surface area (Å²) >= 11 is 0. The Hall–Kier alpha value is -1.30. The van der Waals surface area contributed by atoms with Gasteiger partial charge in [-0.05, 0) is 51.0 Å². The van der Waals surface area contributed by atoms with Crippen molar-refractivity contribution in [3.8, 4) is 0 Å². The van der Waals surface area contributed by atoms with Gasteiger partial charge in [0.15, 0.2) is 0 Å². The molecule has 2 unspecified atom stereocenters. The monoisotopic (exact) mass is 390 g/mol. The summed E-state index contributed by atoms with van der Waals surface area (Å²) in [4.78, 5) is 1.46. The van der Waals surface area contributed by atoms with Gasteiger partial charge in [-0.3, -0.25) is 8.42 Å². The van der Waals surface area contributed by atoms with E-state index in [1.54, 1.807) is 0 Å². The number of hydrogen-bond donors (Lipinski definition) is 1. The molecule has 0 amide bonds. The Kier molecular flexibility index (Phi) is 6.10. The predicted molar refractivity (Wildman–Crippen MR) is 107 cm³/mol. The van der Waals surface area contributed by atoms with Gasteiger partial charge in [-0.2, -0.15) is 0 Å². The smallest absolute Gasteiger partial charge is 0.0912 e. The minimum Gasteiger partial charge on any atom is -0.388 e. The van der Waals surface area contributed by atoms with E-state index in [2.05, 4.69) is 0 Å². The largest absolute Gasteiger partial charge is 0.388 e. The molecule has 3 nitrogen and oxygen atoms in total. The fraction of sp³-hybridized carbons (Fsp3) is 0.429. The average molecular weight is 391 g/mol. The highest BCUT2D eigenvalue weighted by Gasteiger charge is 2.44. The lowest BCUT2D eigenvalue weighted by atomic mass is 9.86. The molecule has 4 atom stereocenters. The minimum absolute atomic E-state index is 0.137. The van der Waals surface area contributed by atoms with Crippen LogP contribution in [0.3, 0.4) is 0 Å². The Morgan fingerprint density at radius 3 is 2.04 bits per heavy atom. The zero-order valence-corrected chi connectivity index (χ0v) is 16.9. The van der Waals surface area contributed by atoms with Crippen LogP contribution in [0.2, 0.25) is 0 Å². The summed E-state index contributed by atoms with van der Waals surface area (Å²) in [6.45, 7) is 3.98. The summed E-state index contributed by atoms with van der Waals surface area (Å²) < 4.78 is 26.0. The molecule has 140 valence electrons. The molecular weight excluding hydrogens is 364 g/mol. The average Bonchev–Trinajstić information content (AvgIpc) is 2.62. The maximum Gasteiger partial charge on any atom is 0.0912 e. The van der Waals surface area contributed by atoms with Gasteiger partial charge in [0.25, 0.3) is 0 Å². The van der Waals surface area contributed by atoms with Gasteiger partial charge in [0.1, 0.15) is 0 Å². The molecule has 0 aromatic heterocycles. The van der Waals surface area contributed by atoms with Crippen molar-refractivity contribution in [1.29, 1.82) is 0 Å². The lowest BCUT2D eigenvalue weighted by Crippen LogP contribution is -2.51. The van der Waals surface area contributed by atoms with Crippen LogP contribution in [-0.4, -0.2) is 30.1 Å². The lowest BCUT2D eigenvalue weighted by Gasteiger charge is -2.39. The van der Waals surface area contributed by atoms with Crippen molar-refractivity contribution in [3.63, 3.8) is 0 Å². The highest BCUT2D eigenvalue weighted by Crippen LogP contribution is 2.36. The van der Waals surface area contributed by atoms with E-state index in [4.69, 9.17) is 0 Å². The van der Waals surface area contributed by atoms with E-state index in [-0.39, 0.29) is 11.0 Å². The SMILES string of the molecule is Cc1ccc(S(=O)C[C@@]2(O)CCCC[C@@H]2S(=O)c2ccc(C)cc2)cc1. The van der Waals surface area contributed by atoms with Crippen LogP contribution >= 0.6 is 0 Å². The third kappa shape index (κ3) is 4.33. The molecule has 2 aromatic rings. The van der Waals surface area contributed by atoms with Crippen LogP contribution in [0.1, 0.15) is 36.8 Å². The number of rotatable bonds is 5. The summed E-state index contributed by atoms with van der Waals surface area (Å²) in [6.07, 6.45) is 3.07. The first-order valence-corrected chi connectivity index (χ1v) is 11.6. The molecular formula is C21H26O3S2. The maximum absolute atomic E-state index is 13.1. The van der Waals surface area contributed by atoms with E-state index in [1.807, 2.05) is 62.4 Å². The highest BCUT2D eigenvalue weighted by atomic mass is 32.2. The van der Waals surface area contributed by atoms with Crippen molar-refractivity contribution >= 4 is 21.6 Å². The van der Waals surface area contributed by atoms with Crippen LogP contribution < -0.4 is 0 Å². The summed E-state index contributed by atoms with van der Waals surface area (Å²) in [5.74, 6) is 0.137. The van der Waals surface area contributed by atoms with Crippen LogP contribution in [0, 0.1) is 13.8 Å². The Morgan fingerprint density at radius 2 is 1.46 bits per heavy atom. The van der Waals surface area contributed by atoms with Gasteiger partial charge >= 0.3 is 0 Å². The van der Waals surface area contributed by atoms with Crippen molar-refractivity contribution in [2.45, 2.75) is 60.2 Å². The second kappa shape index (κ2) is 8.15. The Labute approximate surface area is 160 Å². The first kappa shape index (κ1) is 19.5. The Morgan fingerprint density at radius 1 is 0.923 bits per heavy atom. The lowest BCUT2D eigenvalue weighted by molar-refractivity contribution is 0.0317. The van der Waals surface area contributed by atoms with E-state index in [9.17, 15) is 13.5 Å². The van der Waals surface area contributed by atoms with E-state index in [0.29, 0.717) is 12.8 Å². The molecule has 0 radical (unpaired) electrons. The highest BCUT2D eigenvalue weighted by molar-refractivity contribution is 7.86. The topological polar surface area (TPSA) is 54.4 Å². The fourth-order valence-electron chi connectivity index (χ4n) is 3.50. The summed E-state index contributed by atoms with van der Waals surface area (Å²) in [5, 5.41) is 10.9. The third-order valence-electron chi connectivity index (χ3n) is 5.10. The van der Waals surface area contributed by atoms with Crippen molar-refractivity contribution in [3.05, 3.63) is 59.7 Å². The summed E-state index contributed by atoms with van der Waals surface area (Å²) in [6, 6.07) is 15.2. The number of aliphatic hydroxyl groups is 1. The predicted octanol–water partition coefficient (Wildman–Crippen LogP) is 3.89. The van der Waals surface area contributed by atoms with Gasteiger partial charge in [-0.15, -0.1) is 0 Å². The number of aryl methyl sites for hydroxylation is 2. The summed E-state index contributed by atoms with van der Waals surface area (Å²) in [7, 11) is -2.62. The summed E-state index contributed by atoms with van der Waals surface area (Å²) in [5.41, 5.74) is 1.06. The van der Waals surface area contributed by atoms with Gasteiger partial charge in [0.05, 0.1) is 38.2 Å². The quantitative estimate of drug-likeness (QED) is 0.843. The second-order valence-corrected chi connectivity index (χ2v) is 10.3. The molecule has 1 saturated carbocycles. The first-order chi connectivity index (χ1) is 12.4. The molecule has 1 aliphatic rings. The molecule has 0 aliphatic heterocycles. The van der Waals surface area contributed by atoms with Gasteiger partial charge in [0, 0.05) is 9.79 Å². The Bertz CT molecular complexity index is 799. The zero-order chi connectivity index (χ0) is 18.7. The molecule has 26 heavy (non-hydrogen) atoms. The molecule has 2 aromatic carbocycles. The number of hydrogen-bond acceptors (Lipinski definition) is 3. The minimum atomic E-state index is -1.31.